The van der Waals surface area contributed by atoms with Crippen molar-refractivity contribution in [1.82, 2.24) is 0 Å². The van der Waals surface area contributed by atoms with Gasteiger partial charge in [-0.05, 0) is 37.1 Å². The van der Waals surface area contributed by atoms with Crippen molar-refractivity contribution in [3.8, 4) is 11.5 Å². The molecule has 16 heteroatoms. The average molecular weight is 619 g/mol. The molecule has 4 aliphatic heterocycles. The van der Waals surface area contributed by atoms with Gasteiger partial charge in [0.1, 0.15) is 23.7 Å². The number of ether oxygens (including phenoxy) is 8. The van der Waals surface area contributed by atoms with Gasteiger partial charge >= 0.3 is 12.3 Å². The number of nitro benzene ring substituents is 2. The average Bonchev–Trinajstić information content (AvgIpc) is 3.68. The maximum absolute atomic E-state index is 11.8. The summed E-state index contributed by atoms with van der Waals surface area (Å²) in [5.74, 6) is 0.653. The van der Waals surface area contributed by atoms with Crippen LogP contribution in [-0.4, -0.2) is 79.8 Å². The molecule has 4 fully saturated rings. The summed E-state index contributed by atoms with van der Waals surface area (Å²) in [6.45, 7) is 2.47. The summed E-state index contributed by atoms with van der Waals surface area (Å²) in [6, 6.07) is 10.4. The van der Waals surface area contributed by atoms with Crippen molar-refractivity contribution >= 4 is 23.7 Å². The van der Waals surface area contributed by atoms with Crippen LogP contribution in [0.25, 0.3) is 0 Å². The standard InChI is InChI=1S/2C14H15NO7/c16-14(21-11-3-1-10(2-4-11)15(17)18)22-12-7-9-5-6-19-13(9)20-8-12;16-14(21-10-3-1-9(2-4-10)15(17)18)22-12-5-6-20-13-8-19-7-11(12)13/h1-4,9,12-13H,5-8H2;1-4,11-13H,5-8H2/t9-,12+,13+;11-,12-,13-/m00/s1. The van der Waals surface area contributed by atoms with E-state index in [1.807, 2.05) is 0 Å². The molecule has 16 nitrogen and oxygen atoms in total. The molecule has 0 radical (unpaired) electrons. The van der Waals surface area contributed by atoms with Crippen LogP contribution in [0.15, 0.2) is 48.5 Å². The number of nitrogens with zero attached hydrogens (tertiary/aromatic N) is 2. The minimum Gasteiger partial charge on any atom is -0.430 e. The predicted octanol–water partition coefficient (Wildman–Crippen LogP) is 4.18. The lowest BCUT2D eigenvalue weighted by Gasteiger charge is -2.31. The Morgan fingerprint density at radius 1 is 0.727 bits per heavy atom. The van der Waals surface area contributed by atoms with Crippen LogP contribution >= 0.6 is 0 Å². The highest BCUT2D eigenvalue weighted by Crippen LogP contribution is 2.32. The van der Waals surface area contributed by atoms with Gasteiger partial charge < -0.3 is 37.9 Å². The van der Waals surface area contributed by atoms with Gasteiger partial charge in [0.2, 0.25) is 0 Å². The molecule has 4 aliphatic rings. The van der Waals surface area contributed by atoms with E-state index in [1.165, 1.54) is 48.5 Å². The van der Waals surface area contributed by atoms with Crippen LogP contribution in [0.4, 0.5) is 21.0 Å². The lowest BCUT2D eigenvalue weighted by molar-refractivity contribution is -0.385. The van der Waals surface area contributed by atoms with Gasteiger partial charge in [-0.15, -0.1) is 0 Å². The molecule has 2 aromatic carbocycles. The fraction of sp³-hybridized carbons (Fsp3) is 0.500. The summed E-state index contributed by atoms with van der Waals surface area (Å²) in [5, 5.41) is 21.1. The molecule has 236 valence electrons. The second-order valence-electron chi connectivity index (χ2n) is 10.4. The number of benzene rings is 2. The van der Waals surface area contributed by atoms with Gasteiger partial charge in [-0.25, -0.2) is 9.59 Å². The molecule has 0 unspecified atom stereocenters. The van der Waals surface area contributed by atoms with Gasteiger partial charge in [-0.3, -0.25) is 20.2 Å². The Balaban J connectivity index is 0.000000175. The van der Waals surface area contributed by atoms with E-state index in [1.54, 1.807) is 0 Å². The molecule has 0 aliphatic carbocycles. The Hall–Kier alpha value is -4.38. The number of carbonyl (C=O) groups is 2. The SMILES string of the molecule is O=C(Oc1ccc([N+](=O)[O-])cc1)O[C@H]1CCO[C@H]2COC[C@H]21.O=C(Oc1ccc([N+](=O)[O-])cc1)O[C@H]1CO[C@H]2OCC[C@H]2C1. The second-order valence-corrected chi connectivity index (χ2v) is 10.4. The number of rotatable bonds is 6. The summed E-state index contributed by atoms with van der Waals surface area (Å²) in [4.78, 5) is 43.6. The van der Waals surface area contributed by atoms with Crippen LogP contribution < -0.4 is 9.47 Å². The quantitative estimate of drug-likeness (QED) is 0.194. The van der Waals surface area contributed by atoms with E-state index in [-0.39, 0.29) is 65.9 Å². The first-order valence-corrected chi connectivity index (χ1v) is 13.9. The van der Waals surface area contributed by atoms with E-state index in [4.69, 9.17) is 37.9 Å². The number of carbonyl (C=O) groups excluding carboxylic acids is 2. The first-order chi connectivity index (χ1) is 21.2. The second kappa shape index (κ2) is 14.4. The van der Waals surface area contributed by atoms with Crippen molar-refractivity contribution in [3.05, 3.63) is 68.8 Å². The predicted molar refractivity (Wildman–Crippen MR) is 145 cm³/mol. The largest absolute Gasteiger partial charge is 0.514 e. The van der Waals surface area contributed by atoms with Crippen molar-refractivity contribution in [2.75, 3.05) is 33.0 Å². The summed E-state index contributed by atoms with van der Waals surface area (Å²) in [7, 11) is 0. The smallest absolute Gasteiger partial charge is 0.430 e. The Morgan fingerprint density at radius 2 is 1.32 bits per heavy atom. The van der Waals surface area contributed by atoms with Crippen LogP contribution in [0.3, 0.4) is 0 Å². The molecule has 6 atom stereocenters. The number of non-ortho nitro benzene ring substituents is 2. The highest BCUT2D eigenvalue weighted by molar-refractivity contribution is 5.64. The fourth-order valence-corrected chi connectivity index (χ4v) is 5.25. The maximum Gasteiger partial charge on any atom is 0.514 e. The van der Waals surface area contributed by atoms with Crippen molar-refractivity contribution in [1.29, 1.82) is 0 Å². The molecule has 4 heterocycles. The van der Waals surface area contributed by atoms with Gasteiger partial charge in [0, 0.05) is 42.5 Å². The van der Waals surface area contributed by atoms with Crippen LogP contribution in [0.1, 0.15) is 19.3 Å². The normalized spacial score (nSPS) is 27.0. The van der Waals surface area contributed by atoms with Gasteiger partial charge in [0.05, 0.1) is 49.0 Å². The Labute approximate surface area is 250 Å². The molecule has 44 heavy (non-hydrogen) atoms. The third-order valence-corrected chi connectivity index (χ3v) is 7.46. The van der Waals surface area contributed by atoms with Gasteiger partial charge in [-0.2, -0.15) is 0 Å². The number of hydrogen-bond acceptors (Lipinski definition) is 14. The fourth-order valence-electron chi connectivity index (χ4n) is 5.25. The minimum atomic E-state index is -0.847. The summed E-state index contributed by atoms with van der Waals surface area (Å²) >= 11 is 0. The molecule has 0 saturated carbocycles. The molecule has 0 bridgehead atoms. The molecule has 0 amide bonds. The Morgan fingerprint density at radius 3 is 1.93 bits per heavy atom. The molecule has 2 aromatic rings. The van der Waals surface area contributed by atoms with E-state index in [0.717, 1.165) is 6.42 Å². The molecular weight excluding hydrogens is 588 g/mol. The van der Waals surface area contributed by atoms with Crippen LogP contribution in [0.5, 0.6) is 11.5 Å². The Kier molecular flexibility index (Phi) is 10.2. The zero-order valence-corrected chi connectivity index (χ0v) is 23.3. The van der Waals surface area contributed by atoms with E-state index in [9.17, 15) is 29.8 Å². The van der Waals surface area contributed by atoms with E-state index < -0.39 is 22.2 Å². The Bertz CT molecular complexity index is 1320. The van der Waals surface area contributed by atoms with Gasteiger partial charge in [0.25, 0.3) is 11.4 Å². The van der Waals surface area contributed by atoms with Crippen molar-refractivity contribution in [2.45, 2.75) is 43.9 Å². The van der Waals surface area contributed by atoms with Gasteiger partial charge in [0.15, 0.2) is 6.29 Å². The number of hydrogen-bond donors (Lipinski definition) is 0. The molecule has 0 N–H and O–H groups in total. The van der Waals surface area contributed by atoms with E-state index in [2.05, 4.69) is 0 Å². The number of fused-ring (bicyclic) bond motifs is 2. The topological polar surface area (TPSA) is 194 Å². The summed E-state index contributed by atoms with van der Waals surface area (Å²) in [5.41, 5.74) is -0.148. The zero-order chi connectivity index (χ0) is 31.1. The minimum absolute atomic E-state index is 0.0261. The van der Waals surface area contributed by atoms with Crippen LogP contribution in [0, 0.1) is 32.1 Å². The zero-order valence-electron chi connectivity index (χ0n) is 23.3. The third kappa shape index (κ3) is 8.16. The molecular formula is C28H30N2O14. The van der Waals surface area contributed by atoms with E-state index >= 15 is 0 Å². The van der Waals surface area contributed by atoms with Gasteiger partial charge in [-0.1, -0.05) is 0 Å². The first-order valence-electron chi connectivity index (χ1n) is 13.9. The lowest BCUT2D eigenvalue weighted by atomic mass is 9.94. The third-order valence-electron chi connectivity index (χ3n) is 7.46. The molecule has 6 rings (SSSR count). The highest BCUT2D eigenvalue weighted by Gasteiger charge is 2.41. The van der Waals surface area contributed by atoms with Crippen LogP contribution in [-0.2, 0) is 28.4 Å². The monoisotopic (exact) mass is 618 g/mol. The first kappa shape index (κ1) is 31.1. The summed E-state index contributed by atoms with van der Waals surface area (Å²) in [6.07, 6.45) is -0.398. The maximum atomic E-state index is 11.8. The molecule has 0 aromatic heterocycles. The number of nitro groups is 2. The molecule has 0 spiro atoms. The summed E-state index contributed by atoms with van der Waals surface area (Å²) < 4.78 is 42.3. The highest BCUT2D eigenvalue weighted by atomic mass is 16.7. The van der Waals surface area contributed by atoms with Crippen molar-refractivity contribution in [2.24, 2.45) is 11.8 Å². The lowest BCUT2D eigenvalue weighted by Crippen LogP contribution is -2.41. The molecule has 4 saturated heterocycles. The van der Waals surface area contributed by atoms with Crippen molar-refractivity contribution < 1.29 is 57.3 Å². The van der Waals surface area contributed by atoms with Crippen LogP contribution in [0.2, 0.25) is 0 Å². The van der Waals surface area contributed by atoms with Crippen molar-refractivity contribution in [3.63, 3.8) is 0 Å². The van der Waals surface area contributed by atoms with E-state index in [0.29, 0.717) is 39.3 Å².